The molecule has 1 N–H and O–H groups in total. The molecule has 1 aromatic heterocycles. The lowest BCUT2D eigenvalue weighted by Crippen LogP contribution is -2.33. The molecule has 4 nitrogen and oxygen atoms in total. The molecule has 2 aliphatic rings. The number of nitrogens with zero attached hydrogens (tertiary/aromatic N) is 1. The molecule has 2 saturated carbocycles. The Kier molecular flexibility index (Phi) is 2.65. The first-order valence-corrected chi connectivity index (χ1v) is 6.50. The summed E-state index contributed by atoms with van der Waals surface area (Å²) in [7, 11) is 0. The molecule has 2 unspecified atom stereocenters. The first kappa shape index (κ1) is 10.8. The summed E-state index contributed by atoms with van der Waals surface area (Å²) in [5.41, 5.74) is 0.437. The SMILES string of the molecule is CC1CCC(NC(=O)c2cc(C3CC3)on2)C1. The van der Waals surface area contributed by atoms with E-state index in [0.717, 1.165) is 37.4 Å². The fraction of sp³-hybridized carbons (Fsp3) is 0.692. The summed E-state index contributed by atoms with van der Waals surface area (Å²) in [4.78, 5) is 11.9. The Morgan fingerprint density at radius 3 is 2.88 bits per heavy atom. The summed E-state index contributed by atoms with van der Waals surface area (Å²) in [6.45, 7) is 2.23. The molecule has 0 aliphatic heterocycles. The van der Waals surface area contributed by atoms with Gasteiger partial charge in [-0.05, 0) is 38.0 Å². The van der Waals surface area contributed by atoms with Crippen LogP contribution < -0.4 is 5.32 Å². The van der Waals surface area contributed by atoms with Gasteiger partial charge in [0.25, 0.3) is 5.91 Å². The molecule has 92 valence electrons. The van der Waals surface area contributed by atoms with Crippen LogP contribution in [0.4, 0.5) is 0 Å². The molecular formula is C13H18N2O2. The van der Waals surface area contributed by atoms with Gasteiger partial charge in [0, 0.05) is 18.0 Å². The summed E-state index contributed by atoms with van der Waals surface area (Å²) < 4.78 is 5.18. The highest BCUT2D eigenvalue weighted by Gasteiger charge is 2.29. The van der Waals surface area contributed by atoms with Gasteiger partial charge >= 0.3 is 0 Å². The van der Waals surface area contributed by atoms with E-state index < -0.39 is 0 Å². The summed E-state index contributed by atoms with van der Waals surface area (Å²) in [5, 5.41) is 6.89. The lowest BCUT2D eigenvalue weighted by molar-refractivity contribution is 0.0928. The van der Waals surface area contributed by atoms with Crippen molar-refractivity contribution in [2.24, 2.45) is 5.92 Å². The van der Waals surface area contributed by atoms with Crippen molar-refractivity contribution in [3.63, 3.8) is 0 Å². The van der Waals surface area contributed by atoms with E-state index in [1.54, 1.807) is 6.07 Å². The van der Waals surface area contributed by atoms with Crippen LogP contribution in [-0.4, -0.2) is 17.1 Å². The second-order valence-electron chi connectivity index (χ2n) is 5.48. The van der Waals surface area contributed by atoms with Crippen molar-refractivity contribution in [1.82, 2.24) is 10.5 Å². The summed E-state index contributed by atoms with van der Waals surface area (Å²) in [6.07, 6.45) is 5.70. The topological polar surface area (TPSA) is 55.1 Å². The molecule has 1 heterocycles. The zero-order chi connectivity index (χ0) is 11.8. The zero-order valence-electron chi connectivity index (χ0n) is 10.1. The highest BCUT2D eigenvalue weighted by atomic mass is 16.5. The molecular weight excluding hydrogens is 216 g/mol. The average molecular weight is 234 g/mol. The third-order valence-corrected chi connectivity index (χ3v) is 3.77. The highest BCUT2D eigenvalue weighted by Crippen LogP contribution is 2.40. The first-order valence-electron chi connectivity index (χ1n) is 6.50. The molecule has 2 atom stereocenters. The van der Waals surface area contributed by atoms with Crippen molar-refractivity contribution in [3.05, 3.63) is 17.5 Å². The van der Waals surface area contributed by atoms with Crippen LogP contribution in [0, 0.1) is 5.92 Å². The highest BCUT2D eigenvalue weighted by molar-refractivity contribution is 5.92. The minimum Gasteiger partial charge on any atom is -0.360 e. The van der Waals surface area contributed by atoms with Gasteiger partial charge in [-0.3, -0.25) is 4.79 Å². The first-order chi connectivity index (χ1) is 8.22. The van der Waals surface area contributed by atoms with E-state index in [2.05, 4.69) is 17.4 Å². The molecule has 2 fully saturated rings. The maximum absolute atomic E-state index is 11.9. The van der Waals surface area contributed by atoms with Gasteiger partial charge in [0.1, 0.15) is 5.76 Å². The maximum atomic E-state index is 11.9. The van der Waals surface area contributed by atoms with E-state index in [1.807, 2.05) is 0 Å². The van der Waals surface area contributed by atoms with Gasteiger partial charge in [-0.1, -0.05) is 12.1 Å². The van der Waals surface area contributed by atoms with Crippen LogP contribution in [-0.2, 0) is 0 Å². The third kappa shape index (κ3) is 2.35. The molecule has 17 heavy (non-hydrogen) atoms. The van der Waals surface area contributed by atoms with E-state index in [9.17, 15) is 4.79 Å². The zero-order valence-corrected chi connectivity index (χ0v) is 10.1. The largest absolute Gasteiger partial charge is 0.360 e. The number of amides is 1. The second kappa shape index (κ2) is 4.17. The molecule has 3 rings (SSSR count). The van der Waals surface area contributed by atoms with Crippen LogP contribution in [0.25, 0.3) is 0 Å². The van der Waals surface area contributed by atoms with E-state index in [-0.39, 0.29) is 5.91 Å². The van der Waals surface area contributed by atoms with Crippen LogP contribution in [0.5, 0.6) is 0 Å². The van der Waals surface area contributed by atoms with Gasteiger partial charge in [-0.25, -0.2) is 0 Å². The fourth-order valence-corrected chi connectivity index (χ4v) is 2.55. The maximum Gasteiger partial charge on any atom is 0.273 e. The molecule has 4 heteroatoms. The molecule has 2 aliphatic carbocycles. The molecule has 1 amide bonds. The Morgan fingerprint density at radius 2 is 2.24 bits per heavy atom. The lowest BCUT2D eigenvalue weighted by Gasteiger charge is -2.10. The number of aromatic nitrogens is 1. The Labute approximate surface area is 101 Å². The monoisotopic (exact) mass is 234 g/mol. The average Bonchev–Trinajstić information content (AvgIpc) is 2.88. The van der Waals surface area contributed by atoms with Gasteiger partial charge < -0.3 is 9.84 Å². The van der Waals surface area contributed by atoms with Crippen LogP contribution in [0.2, 0.25) is 0 Å². The quantitative estimate of drug-likeness (QED) is 0.874. The number of carbonyl (C=O) groups excluding carboxylic acids is 1. The van der Waals surface area contributed by atoms with E-state index in [0.29, 0.717) is 17.7 Å². The van der Waals surface area contributed by atoms with Gasteiger partial charge in [0.15, 0.2) is 5.69 Å². The minimum atomic E-state index is -0.0836. The number of nitrogens with one attached hydrogen (secondary N) is 1. The fourth-order valence-electron chi connectivity index (χ4n) is 2.55. The second-order valence-corrected chi connectivity index (χ2v) is 5.48. The predicted molar refractivity (Wildman–Crippen MR) is 62.7 cm³/mol. The number of hydrogen-bond acceptors (Lipinski definition) is 3. The molecule has 0 radical (unpaired) electrons. The Morgan fingerprint density at radius 1 is 1.41 bits per heavy atom. The van der Waals surface area contributed by atoms with Gasteiger partial charge in [0.05, 0.1) is 0 Å². The summed E-state index contributed by atoms with van der Waals surface area (Å²) >= 11 is 0. The smallest absolute Gasteiger partial charge is 0.273 e. The van der Waals surface area contributed by atoms with Crippen molar-refractivity contribution < 1.29 is 9.32 Å². The Hall–Kier alpha value is -1.32. The Bertz CT molecular complexity index is 423. The van der Waals surface area contributed by atoms with E-state index in [1.165, 1.54) is 6.42 Å². The normalized spacial score (nSPS) is 28.3. The van der Waals surface area contributed by atoms with Crippen LogP contribution >= 0.6 is 0 Å². The third-order valence-electron chi connectivity index (χ3n) is 3.77. The van der Waals surface area contributed by atoms with E-state index >= 15 is 0 Å². The van der Waals surface area contributed by atoms with Crippen molar-refractivity contribution in [3.8, 4) is 0 Å². The van der Waals surface area contributed by atoms with Crippen molar-refractivity contribution >= 4 is 5.91 Å². The summed E-state index contributed by atoms with van der Waals surface area (Å²) in [6, 6.07) is 2.12. The van der Waals surface area contributed by atoms with Crippen LogP contribution in [0.1, 0.15) is 61.2 Å². The molecule has 0 spiro atoms. The van der Waals surface area contributed by atoms with Crippen LogP contribution in [0.15, 0.2) is 10.6 Å². The lowest BCUT2D eigenvalue weighted by atomic mass is 10.1. The predicted octanol–water partition coefficient (Wildman–Crippen LogP) is 2.47. The number of hydrogen-bond donors (Lipinski definition) is 1. The van der Waals surface area contributed by atoms with E-state index in [4.69, 9.17) is 4.52 Å². The molecule has 0 saturated heterocycles. The molecule has 0 bridgehead atoms. The summed E-state index contributed by atoms with van der Waals surface area (Å²) in [5.74, 6) is 2.02. The van der Waals surface area contributed by atoms with Crippen molar-refractivity contribution in [1.29, 1.82) is 0 Å². The van der Waals surface area contributed by atoms with Gasteiger partial charge in [-0.2, -0.15) is 0 Å². The minimum absolute atomic E-state index is 0.0836. The van der Waals surface area contributed by atoms with Crippen molar-refractivity contribution in [2.45, 2.75) is 51.0 Å². The number of rotatable bonds is 3. The molecule has 0 aromatic carbocycles. The van der Waals surface area contributed by atoms with Gasteiger partial charge in [0.2, 0.25) is 0 Å². The van der Waals surface area contributed by atoms with Crippen molar-refractivity contribution in [2.75, 3.05) is 0 Å². The number of carbonyl (C=O) groups is 1. The van der Waals surface area contributed by atoms with Gasteiger partial charge in [-0.15, -0.1) is 0 Å². The molecule has 1 aromatic rings. The standard InChI is InChI=1S/C13H18N2O2/c1-8-2-5-10(6-8)14-13(16)11-7-12(17-15-11)9-3-4-9/h7-10H,2-6H2,1H3,(H,14,16). The Balaban J connectivity index is 1.60. The van der Waals surface area contributed by atoms with Crippen LogP contribution in [0.3, 0.4) is 0 Å².